The normalized spacial score (nSPS) is 10.5. The van der Waals surface area contributed by atoms with E-state index in [2.05, 4.69) is 21.3 Å². The zero-order chi connectivity index (χ0) is 16.9. The number of nitrogens with one attached hydrogen (secondary N) is 2. The Morgan fingerprint density at radius 3 is 2.52 bits per heavy atom. The van der Waals surface area contributed by atoms with Crippen molar-refractivity contribution >= 4 is 35.0 Å². The van der Waals surface area contributed by atoms with Crippen LogP contribution in [0, 0.1) is 0 Å². The number of aryl methyl sites for hydroxylation is 1. The fourth-order valence-corrected chi connectivity index (χ4v) is 2.76. The van der Waals surface area contributed by atoms with Crippen molar-refractivity contribution in [2.75, 3.05) is 18.9 Å². The molecule has 6 heteroatoms. The summed E-state index contributed by atoms with van der Waals surface area (Å²) in [5, 5.41) is 5.97. The van der Waals surface area contributed by atoms with E-state index in [9.17, 15) is 4.79 Å². The van der Waals surface area contributed by atoms with Crippen LogP contribution in [0.25, 0.3) is 22.4 Å². The predicted octanol–water partition coefficient (Wildman–Crippen LogP) is 3.60. The highest BCUT2D eigenvalue weighted by atomic mass is 35.5. The number of carbonyl (C=O) groups is 1. The van der Waals surface area contributed by atoms with Gasteiger partial charge in [-0.25, -0.2) is 4.98 Å². The van der Waals surface area contributed by atoms with Crippen LogP contribution in [-0.4, -0.2) is 29.1 Å². The van der Waals surface area contributed by atoms with Crippen molar-refractivity contribution in [3.05, 3.63) is 48.5 Å². The maximum Gasteiger partial charge on any atom is 0.224 e. The maximum atomic E-state index is 11.9. The SMILES string of the molecule is CNCCCC(=O)Nc1ccc(-c2nc3ccccc3n2C)cc1.Cl. The summed E-state index contributed by atoms with van der Waals surface area (Å²) < 4.78 is 2.08. The van der Waals surface area contributed by atoms with Gasteiger partial charge in [-0.05, 0) is 56.4 Å². The number of benzene rings is 2. The van der Waals surface area contributed by atoms with Crippen molar-refractivity contribution < 1.29 is 4.79 Å². The molecule has 3 aromatic rings. The number of carbonyl (C=O) groups excluding carboxylic acids is 1. The van der Waals surface area contributed by atoms with Gasteiger partial charge in [0.15, 0.2) is 0 Å². The molecular formula is C19H23ClN4O. The van der Waals surface area contributed by atoms with Gasteiger partial charge in [0.1, 0.15) is 5.82 Å². The summed E-state index contributed by atoms with van der Waals surface area (Å²) in [5.74, 6) is 0.962. The summed E-state index contributed by atoms with van der Waals surface area (Å²) in [5.41, 5.74) is 3.93. The third-order valence-corrected chi connectivity index (χ3v) is 4.04. The van der Waals surface area contributed by atoms with Crippen LogP contribution >= 0.6 is 12.4 Å². The first-order valence-electron chi connectivity index (χ1n) is 8.15. The molecule has 1 aromatic heterocycles. The molecule has 0 radical (unpaired) electrons. The summed E-state index contributed by atoms with van der Waals surface area (Å²) in [6, 6.07) is 15.9. The minimum Gasteiger partial charge on any atom is -0.327 e. The van der Waals surface area contributed by atoms with Gasteiger partial charge < -0.3 is 15.2 Å². The van der Waals surface area contributed by atoms with Crippen LogP contribution in [0.4, 0.5) is 5.69 Å². The lowest BCUT2D eigenvalue weighted by Gasteiger charge is -2.07. The Morgan fingerprint density at radius 1 is 1.12 bits per heavy atom. The molecule has 0 saturated heterocycles. The second-order valence-corrected chi connectivity index (χ2v) is 5.82. The van der Waals surface area contributed by atoms with Crippen LogP contribution in [0.15, 0.2) is 48.5 Å². The molecule has 0 unspecified atom stereocenters. The lowest BCUT2D eigenvalue weighted by Crippen LogP contribution is -2.15. The van der Waals surface area contributed by atoms with Crippen molar-refractivity contribution in [1.29, 1.82) is 0 Å². The summed E-state index contributed by atoms with van der Waals surface area (Å²) in [7, 11) is 3.90. The Hall–Kier alpha value is -2.37. The number of hydrogen-bond acceptors (Lipinski definition) is 3. The molecule has 0 spiro atoms. The van der Waals surface area contributed by atoms with Gasteiger partial charge >= 0.3 is 0 Å². The standard InChI is InChI=1S/C19H22N4O.ClH/c1-20-13-5-8-18(24)21-15-11-9-14(10-12-15)19-22-16-6-3-4-7-17(16)23(19)2;/h3-4,6-7,9-12,20H,5,8,13H2,1-2H3,(H,21,24);1H. The first-order valence-corrected chi connectivity index (χ1v) is 8.15. The van der Waals surface area contributed by atoms with E-state index in [1.807, 2.05) is 56.6 Å². The minimum absolute atomic E-state index is 0. The average Bonchev–Trinajstić information content (AvgIpc) is 2.93. The molecule has 0 atom stereocenters. The molecule has 0 aliphatic carbocycles. The summed E-state index contributed by atoms with van der Waals surface area (Å²) in [4.78, 5) is 16.6. The zero-order valence-electron chi connectivity index (χ0n) is 14.5. The van der Waals surface area contributed by atoms with Crippen LogP contribution in [-0.2, 0) is 11.8 Å². The number of hydrogen-bond donors (Lipinski definition) is 2. The van der Waals surface area contributed by atoms with E-state index in [-0.39, 0.29) is 18.3 Å². The fraction of sp³-hybridized carbons (Fsp3) is 0.263. The first kappa shape index (κ1) is 19.0. The molecule has 1 amide bonds. The number of nitrogens with zero attached hydrogens (tertiary/aromatic N) is 2. The van der Waals surface area contributed by atoms with Gasteiger partial charge in [0.25, 0.3) is 0 Å². The highest BCUT2D eigenvalue weighted by molar-refractivity contribution is 5.91. The van der Waals surface area contributed by atoms with E-state index in [0.717, 1.165) is 41.1 Å². The molecule has 0 aliphatic heterocycles. The van der Waals surface area contributed by atoms with Gasteiger partial charge in [-0.3, -0.25) is 4.79 Å². The van der Waals surface area contributed by atoms with E-state index < -0.39 is 0 Å². The zero-order valence-corrected chi connectivity index (χ0v) is 15.3. The predicted molar refractivity (Wildman–Crippen MR) is 105 cm³/mol. The largest absolute Gasteiger partial charge is 0.327 e. The molecule has 0 saturated carbocycles. The Kier molecular flexibility index (Phi) is 6.56. The molecule has 1 heterocycles. The number of amides is 1. The topological polar surface area (TPSA) is 59.0 Å². The Balaban J connectivity index is 0.00000225. The van der Waals surface area contributed by atoms with Crippen LogP contribution < -0.4 is 10.6 Å². The Labute approximate surface area is 153 Å². The average molecular weight is 359 g/mol. The molecule has 0 fully saturated rings. The van der Waals surface area contributed by atoms with Crippen molar-refractivity contribution in [1.82, 2.24) is 14.9 Å². The van der Waals surface area contributed by atoms with Gasteiger partial charge in [-0.15, -0.1) is 12.4 Å². The molecule has 3 rings (SSSR count). The van der Waals surface area contributed by atoms with Gasteiger partial charge in [0, 0.05) is 24.7 Å². The fourth-order valence-electron chi connectivity index (χ4n) is 2.76. The van der Waals surface area contributed by atoms with E-state index in [1.165, 1.54) is 0 Å². The third kappa shape index (κ3) is 4.38. The molecule has 0 bridgehead atoms. The smallest absolute Gasteiger partial charge is 0.224 e. The molecular weight excluding hydrogens is 336 g/mol. The van der Waals surface area contributed by atoms with Crippen LogP contribution in [0.1, 0.15) is 12.8 Å². The molecule has 0 aliphatic rings. The molecule has 25 heavy (non-hydrogen) atoms. The Morgan fingerprint density at radius 2 is 1.84 bits per heavy atom. The van der Waals surface area contributed by atoms with Crippen LogP contribution in [0.5, 0.6) is 0 Å². The van der Waals surface area contributed by atoms with Crippen molar-refractivity contribution in [2.45, 2.75) is 12.8 Å². The monoisotopic (exact) mass is 358 g/mol. The van der Waals surface area contributed by atoms with E-state index in [4.69, 9.17) is 4.98 Å². The van der Waals surface area contributed by atoms with Gasteiger partial charge in [-0.2, -0.15) is 0 Å². The lowest BCUT2D eigenvalue weighted by molar-refractivity contribution is -0.116. The van der Waals surface area contributed by atoms with E-state index in [0.29, 0.717) is 6.42 Å². The molecule has 132 valence electrons. The second kappa shape index (κ2) is 8.65. The minimum atomic E-state index is 0. The van der Waals surface area contributed by atoms with Crippen molar-refractivity contribution in [2.24, 2.45) is 7.05 Å². The number of imidazole rings is 1. The third-order valence-electron chi connectivity index (χ3n) is 4.04. The first-order chi connectivity index (χ1) is 11.7. The van der Waals surface area contributed by atoms with Crippen molar-refractivity contribution in [3.8, 4) is 11.4 Å². The number of fused-ring (bicyclic) bond motifs is 1. The van der Waals surface area contributed by atoms with E-state index in [1.54, 1.807) is 0 Å². The Bertz CT molecular complexity index is 842. The molecule has 2 aromatic carbocycles. The lowest BCUT2D eigenvalue weighted by atomic mass is 10.2. The number of rotatable bonds is 6. The maximum absolute atomic E-state index is 11.9. The highest BCUT2D eigenvalue weighted by Crippen LogP contribution is 2.24. The second-order valence-electron chi connectivity index (χ2n) is 5.82. The van der Waals surface area contributed by atoms with Crippen molar-refractivity contribution in [3.63, 3.8) is 0 Å². The summed E-state index contributed by atoms with van der Waals surface area (Å²) in [6.45, 7) is 0.846. The number of anilines is 1. The van der Waals surface area contributed by atoms with Gasteiger partial charge in [0.2, 0.25) is 5.91 Å². The molecule has 2 N–H and O–H groups in total. The quantitative estimate of drug-likeness (QED) is 0.662. The van der Waals surface area contributed by atoms with Crippen LogP contribution in [0.3, 0.4) is 0 Å². The van der Waals surface area contributed by atoms with Gasteiger partial charge in [-0.1, -0.05) is 12.1 Å². The summed E-state index contributed by atoms with van der Waals surface area (Å²) >= 11 is 0. The number of halogens is 1. The van der Waals surface area contributed by atoms with Gasteiger partial charge in [0.05, 0.1) is 11.0 Å². The number of para-hydroxylation sites is 2. The number of aromatic nitrogens is 2. The molecule has 5 nitrogen and oxygen atoms in total. The summed E-state index contributed by atoms with van der Waals surface area (Å²) in [6.07, 6.45) is 1.35. The van der Waals surface area contributed by atoms with E-state index >= 15 is 0 Å². The highest BCUT2D eigenvalue weighted by Gasteiger charge is 2.09. The van der Waals surface area contributed by atoms with Crippen LogP contribution in [0.2, 0.25) is 0 Å².